The van der Waals surface area contributed by atoms with Crippen molar-refractivity contribution in [1.29, 1.82) is 0 Å². The minimum atomic E-state index is -3.67. The fourth-order valence-electron chi connectivity index (χ4n) is 2.44. The number of imidazole rings is 1. The highest BCUT2D eigenvalue weighted by atomic mass is 32.2. The quantitative estimate of drug-likeness (QED) is 0.882. The molecule has 19 heavy (non-hydrogen) atoms. The summed E-state index contributed by atoms with van der Waals surface area (Å²) in [6.07, 6.45) is 4.39. The van der Waals surface area contributed by atoms with Crippen LogP contribution in [0.2, 0.25) is 0 Å². The van der Waals surface area contributed by atoms with Crippen LogP contribution in [0.5, 0.6) is 0 Å². The summed E-state index contributed by atoms with van der Waals surface area (Å²) in [5, 5.41) is 0.0243. The van der Waals surface area contributed by atoms with Crippen LogP contribution in [-0.4, -0.2) is 23.3 Å². The molecule has 102 valence electrons. The van der Waals surface area contributed by atoms with Crippen LogP contribution in [0.1, 0.15) is 26.2 Å². The minimum Gasteiger partial charge on any atom is -0.381 e. The molecule has 0 unspecified atom stereocenters. The predicted octanol–water partition coefficient (Wildman–Crippen LogP) is 1.14. The van der Waals surface area contributed by atoms with E-state index in [9.17, 15) is 8.42 Å². The second-order valence-corrected chi connectivity index (χ2v) is 6.85. The van der Waals surface area contributed by atoms with Crippen LogP contribution >= 0.6 is 0 Å². The van der Waals surface area contributed by atoms with Crippen molar-refractivity contribution in [1.82, 2.24) is 14.1 Å². The molecule has 0 aliphatic heterocycles. The summed E-state index contributed by atoms with van der Waals surface area (Å²) in [6.45, 7) is 1.91. The predicted molar refractivity (Wildman–Crippen MR) is 72.2 cm³/mol. The van der Waals surface area contributed by atoms with Gasteiger partial charge in [-0.3, -0.25) is 4.40 Å². The molecule has 1 aliphatic rings. The van der Waals surface area contributed by atoms with Gasteiger partial charge in [-0.1, -0.05) is 6.07 Å². The van der Waals surface area contributed by atoms with Crippen LogP contribution in [0, 0.1) is 0 Å². The summed E-state index contributed by atoms with van der Waals surface area (Å²) in [5.41, 5.74) is 5.94. The minimum absolute atomic E-state index is 0.0243. The van der Waals surface area contributed by atoms with E-state index < -0.39 is 10.0 Å². The highest BCUT2D eigenvalue weighted by Gasteiger charge is 2.38. The molecule has 0 amide bonds. The number of anilines is 1. The molecule has 7 heteroatoms. The molecule has 6 nitrogen and oxygen atoms in total. The number of pyridine rings is 1. The number of hydrogen-bond acceptors (Lipinski definition) is 4. The average molecular weight is 280 g/mol. The molecule has 0 spiro atoms. The van der Waals surface area contributed by atoms with Gasteiger partial charge in [-0.15, -0.1) is 0 Å². The highest BCUT2D eigenvalue weighted by Crippen LogP contribution is 2.33. The van der Waals surface area contributed by atoms with Gasteiger partial charge in [0.05, 0.1) is 0 Å². The summed E-state index contributed by atoms with van der Waals surface area (Å²) in [7, 11) is -3.67. The van der Waals surface area contributed by atoms with Crippen molar-refractivity contribution in [3.63, 3.8) is 0 Å². The molecule has 0 radical (unpaired) electrons. The maximum atomic E-state index is 12.5. The van der Waals surface area contributed by atoms with Crippen LogP contribution in [-0.2, 0) is 10.0 Å². The molecule has 3 N–H and O–H groups in total. The zero-order valence-electron chi connectivity index (χ0n) is 10.6. The fourth-order valence-corrected chi connectivity index (χ4v) is 4.12. The van der Waals surface area contributed by atoms with E-state index in [1.165, 1.54) is 4.40 Å². The Balaban J connectivity index is 2.10. The van der Waals surface area contributed by atoms with E-state index in [1.54, 1.807) is 24.4 Å². The second kappa shape index (κ2) is 3.94. The Morgan fingerprint density at radius 3 is 2.79 bits per heavy atom. The van der Waals surface area contributed by atoms with Gasteiger partial charge in [0.1, 0.15) is 5.65 Å². The molecule has 1 saturated carbocycles. The third-order valence-corrected chi connectivity index (χ3v) is 5.28. The first kappa shape index (κ1) is 12.4. The summed E-state index contributed by atoms with van der Waals surface area (Å²) in [4.78, 5) is 4.07. The van der Waals surface area contributed by atoms with E-state index in [4.69, 9.17) is 5.73 Å². The van der Waals surface area contributed by atoms with E-state index in [2.05, 4.69) is 9.71 Å². The lowest BCUT2D eigenvalue weighted by Crippen LogP contribution is -2.51. The van der Waals surface area contributed by atoms with Gasteiger partial charge in [-0.25, -0.2) is 18.1 Å². The summed E-state index contributed by atoms with van der Waals surface area (Å²) in [6, 6.07) is 5.26. The lowest BCUT2D eigenvalue weighted by Gasteiger charge is -2.38. The van der Waals surface area contributed by atoms with Crippen molar-refractivity contribution in [2.45, 2.75) is 36.8 Å². The Kier molecular flexibility index (Phi) is 2.58. The van der Waals surface area contributed by atoms with Crippen molar-refractivity contribution < 1.29 is 8.42 Å². The first-order chi connectivity index (χ1) is 8.91. The first-order valence-electron chi connectivity index (χ1n) is 6.18. The Morgan fingerprint density at radius 1 is 1.42 bits per heavy atom. The fraction of sp³-hybridized carbons (Fsp3) is 0.417. The van der Waals surface area contributed by atoms with Crippen LogP contribution in [0.25, 0.3) is 5.65 Å². The van der Waals surface area contributed by atoms with Gasteiger partial charge in [0.2, 0.25) is 0 Å². The number of rotatable bonds is 3. The maximum absolute atomic E-state index is 12.5. The largest absolute Gasteiger partial charge is 0.381 e. The maximum Gasteiger partial charge on any atom is 0.260 e. The first-order valence-corrected chi connectivity index (χ1v) is 7.66. The monoisotopic (exact) mass is 280 g/mol. The molecular weight excluding hydrogens is 264 g/mol. The van der Waals surface area contributed by atoms with Gasteiger partial charge in [0.25, 0.3) is 10.0 Å². The standard InChI is InChI=1S/C12H16N4O2S/c1-12(6-4-7-12)15-19(17,18)11-10(13)14-9-5-2-3-8-16(9)11/h2-3,5,8,15H,4,6-7,13H2,1H3. The molecule has 1 fully saturated rings. The zero-order chi connectivity index (χ0) is 13.7. The van der Waals surface area contributed by atoms with E-state index in [0.717, 1.165) is 19.3 Å². The van der Waals surface area contributed by atoms with Gasteiger partial charge in [0, 0.05) is 11.7 Å². The van der Waals surface area contributed by atoms with Gasteiger partial charge < -0.3 is 5.73 Å². The van der Waals surface area contributed by atoms with Gasteiger partial charge in [-0.05, 0) is 38.3 Å². The van der Waals surface area contributed by atoms with Crippen LogP contribution in [0.4, 0.5) is 5.82 Å². The number of aromatic nitrogens is 2. The van der Waals surface area contributed by atoms with Crippen LogP contribution in [0.3, 0.4) is 0 Å². The van der Waals surface area contributed by atoms with E-state index >= 15 is 0 Å². The van der Waals surface area contributed by atoms with E-state index in [0.29, 0.717) is 5.65 Å². The lowest BCUT2D eigenvalue weighted by molar-refractivity contribution is 0.247. The molecule has 1 aliphatic carbocycles. The SMILES string of the molecule is CC1(NS(=O)(=O)c2c(N)nc3ccccn23)CCC1. The molecule has 0 saturated heterocycles. The number of nitrogens with zero attached hydrogens (tertiary/aromatic N) is 2. The van der Waals surface area contributed by atoms with Crippen molar-refractivity contribution >= 4 is 21.5 Å². The lowest BCUT2D eigenvalue weighted by atomic mass is 9.80. The highest BCUT2D eigenvalue weighted by molar-refractivity contribution is 7.89. The molecule has 3 rings (SSSR count). The van der Waals surface area contributed by atoms with Crippen molar-refractivity contribution in [2.75, 3.05) is 5.73 Å². The smallest absolute Gasteiger partial charge is 0.260 e. The van der Waals surface area contributed by atoms with Gasteiger partial charge >= 0.3 is 0 Å². The second-order valence-electron chi connectivity index (χ2n) is 5.25. The number of fused-ring (bicyclic) bond motifs is 1. The summed E-state index contributed by atoms with van der Waals surface area (Å²) >= 11 is 0. The third kappa shape index (κ3) is 1.98. The summed E-state index contributed by atoms with van der Waals surface area (Å²) < 4.78 is 29.2. The van der Waals surface area contributed by atoms with E-state index in [1.807, 2.05) is 6.92 Å². The van der Waals surface area contributed by atoms with Crippen molar-refractivity contribution in [2.24, 2.45) is 0 Å². The van der Waals surface area contributed by atoms with E-state index in [-0.39, 0.29) is 16.4 Å². The summed E-state index contributed by atoms with van der Waals surface area (Å²) in [5.74, 6) is 0.0293. The molecule has 2 heterocycles. The number of nitrogens with two attached hydrogens (primary N) is 1. The zero-order valence-corrected chi connectivity index (χ0v) is 11.4. The van der Waals surface area contributed by atoms with Crippen molar-refractivity contribution in [3.8, 4) is 0 Å². The Labute approximate surface area is 111 Å². The molecule has 2 aromatic rings. The Hall–Kier alpha value is -1.60. The number of nitrogens with one attached hydrogen (secondary N) is 1. The van der Waals surface area contributed by atoms with Gasteiger partial charge in [0.15, 0.2) is 10.8 Å². The third-order valence-electron chi connectivity index (χ3n) is 3.60. The van der Waals surface area contributed by atoms with Crippen LogP contribution < -0.4 is 10.5 Å². The number of hydrogen-bond donors (Lipinski definition) is 2. The molecule has 0 atom stereocenters. The van der Waals surface area contributed by atoms with Gasteiger partial charge in [-0.2, -0.15) is 0 Å². The normalized spacial score (nSPS) is 18.4. The Bertz CT molecular complexity index is 731. The molecule has 0 bridgehead atoms. The molecule has 0 aromatic carbocycles. The molecular formula is C12H16N4O2S. The number of sulfonamides is 1. The Morgan fingerprint density at radius 2 is 2.16 bits per heavy atom. The van der Waals surface area contributed by atoms with Crippen LogP contribution in [0.15, 0.2) is 29.4 Å². The van der Waals surface area contributed by atoms with Crippen molar-refractivity contribution in [3.05, 3.63) is 24.4 Å². The number of nitrogen functional groups attached to an aromatic ring is 1. The average Bonchev–Trinajstić information content (AvgIpc) is 2.62. The molecule has 2 aromatic heterocycles. The topological polar surface area (TPSA) is 89.5 Å².